The van der Waals surface area contributed by atoms with Crippen molar-refractivity contribution in [3.8, 4) is 5.75 Å². The first-order valence-corrected chi connectivity index (χ1v) is 8.39. The highest BCUT2D eigenvalue weighted by molar-refractivity contribution is 5.79. The Hall–Kier alpha value is -1.66. The number of rotatable bonds is 13. The predicted molar refractivity (Wildman–Crippen MR) is 92.2 cm³/mol. The van der Waals surface area contributed by atoms with Crippen LogP contribution in [-0.2, 0) is 14.3 Å². The first-order chi connectivity index (χ1) is 11.5. The molecule has 0 aromatic heterocycles. The lowest BCUT2D eigenvalue weighted by molar-refractivity contribution is -0.123. The second-order valence-corrected chi connectivity index (χ2v) is 5.70. The molecule has 6 heteroatoms. The molecule has 24 heavy (non-hydrogen) atoms. The third-order valence-electron chi connectivity index (χ3n) is 3.11. The van der Waals surface area contributed by atoms with E-state index in [4.69, 9.17) is 14.2 Å². The van der Waals surface area contributed by atoms with Gasteiger partial charge < -0.3 is 19.5 Å². The van der Waals surface area contributed by atoms with Crippen LogP contribution in [0.4, 0.5) is 10.1 Å². The maximum atomic E-state index is 13.7. The number of hydrogen-bond donors (Lipinski definition) is 1. The van der Waals surface area contributed by atoms with Crippen LogP contribution in [0.25, 0.3) is 0 Å². The van der Waals surface area contributed by atoms with Gasteiger partial charge in [-0.3, -0.25) is 4.79 Å². The Morgan fingerprint density at radius 1 is 1.17 bits per heavy atom. The zero-order valence-electron chi connectivity index (χ0n) is 14.8. The van der Waals surface area contributed by atoms with Crippen LogP contribution in [0.15, 0.2) is 18.2 Å². The average Bonchev–Trinajstić information content (AvgIpc) is 2.55. The van der Waals surface area contributed by atoms with Gasteiger partial charge in [0.25, 0.3) is 0 Å². The molecule has 0 aliphatic heterocycles. The molecule has 0 saturated carbocycles. The lowest BCUT2D eigenvalue weighted by Gasteiger charge is -2.13. The molecule has 0 aliphatic rings. The minimum absolute atomic E-state index is 0.0977. The number of benzene rings is 1. The molecule has 0 aliphatic carbocycles. The quantitative estimate of drug-likeness (QED) is 0.557. The molecule has 0 atom stereocenters. The molecule has 0 saturated heterocycles. The van der Waals surface area contributed by atoms with Gasteiger partial charge in [-0.25, -0.2) is 4.39 Å². The molecule has 0 spiro atoms. The highest BCUT2D eigenvalue weighted by Crippen LogP contribution is 2.22. The Kier molecular flexibility index (Phi) is 10.0. The van der Waals surface area contributed by atoms with Crippen LogP contribution >= 0.6 is 0 Å². The van der Waals surface area contributed by atoms with Gasteiger partial charge in [0, 0.05) is 37.4 Å². The summed E-state index contributed by atoms with van der Waals surface area (Å²) in [7, 11) is 0. The molecule has 5 nitrogen and oxygen atoms in total. The van der Waals surface area contributed by atoms with Gasteiger partial charge in [-0.2, -0.15) is 0 Å². The third kappa shape index (κ3) is 8.84. The number of hydrogen-bond acceptors (Lipinski definition) is 5. The Bertz CT molecular complexity index is 494. The molecule has 0 fully saturated rings. The summed E-state index contributed by atoms with van der Waals surface area (Å²) in [6.45, 7) is 7.66. The Morgan fingerprint density at radius 3 is 2.62 bits per heavy atom. The number of anilines is 1. The molecule has 0 heterocycles. The third-order valence-corrected chi connectivity index (χ3v) is 3.11. The van der Waals surface area contributed by atoms with E-state index in [1.54, 1.807) is 12.1 Å². The summed E-state index contributed by atoms with van der Waals surface area (Å²) in [5, 5.41) is 3.20. The van der Waals surface area contributed by atoms with Gasteiger partial charge in [-0.15, -0.1) is 0 Å². The van der Waals surface area contributed by atoms with Gasteiger partial charge in [0.1, 0.15) is 13.2 Å². The van der Waals surface area contributed by atoms with E-state index in [-0.39, 0.29) is 30.8 Å². The summed E-state index contributed by atoms with van der Waals surface area (Å²) in [5.41, 5.74) is 0.820. The van der Waals surface area contributed by atoms with Crippen LogP contribution in [0.3, 0.4) is 0 Å². The van der Waals surface area contributed by atoms with Gasteiger partial charge in [0.15, 0.2) is 17.3 Å². The second kappa shape index (κ2) is 11.8. The monoisotopic (exact) mass is 341 g/mol. The van der Waals surface area contributed by atoms with E-state index in [0.29, 0.717) is 32.7 Å². The van der Waals surface area contributed by atoms with Crippen LogP contribution in [0.1, 0.15) is 33.6 Å². The molecule has 1 rings (SSSR count). The van der Waals surface area contributed by atoms with Gasteiger partial charge >= 0.3 is 0 Å². The maximum Gasteiger partial charge on any atom is 0.165 e. The predicted octanol–water partition coefficient (Wildman–Crippen LogP) is 3.43. The Balaban J connectivity index is 2.13. The highest BCUT2D eigenvalue weighted by atomic mass is 19.1. The second-order valence-electron chi connectivity index (χ2n) is 5.70. The number of carbonyl (C=O) groups is 1. The van der Waals surface area contributed by atoms with Crippen LogP contribution in [0.5, 0.6) is 5.75 Å². The summed E-state index contributed by atoms with van der Waals surface area (Å²) in [5.74, 6) is -0.0792. The van der Waals surface area contributed by atoms with Crippen LogP contribution in [0.2, 0.25) is 0 Å². The number of halogens is 1. The smallest absolute Gasteiger partial charge is 0.165 e. The summed E-state index contributed by atoms with van der Waals surface area (Å²) in [4.78, 5) is 11.0. The molecule has 0 bridgehead atoms. The fraction of sp³-hybridized carbons (Fsp3) is 0.611. The van der Waals surface area contributed by atoms with E-state index in [1.165, 1.54) is 6.07 Å². The largest absolute Gasteiger partial charge is 0.488 e. The van der Waals surface area contributed by atoms with Crippen molar-refractivity contribution in [2.24, 2.45) is 0 Å². The summed E-state index contributed by atoms with van der Waals surface area (Å²) < 4.78 is 29.7. The molecule has 0 radical (unpaired) electrons. The molecule has 136 valence electrons. The minimum Gasteiger partial charge on any atom is -0.488 e. The van der Waals surface area contributed by atoms with Crippen LogP contribution in [0, 0.1) is 5.82 Å². The number of ketones is 1. The number of nitrogens with one attached hydrogen (secondary N) is 1. The van der Waals surface area contributed by atoms with Crippen molar-refractivity contribution in [1.29, 1.82) is 0 Å². The topological polar surface area (TPSA) is 56.8 Å². The van der Waals surface area contributed by atoms with Crippen LogP contribution < -0.4 is 10.1 Å². The zero-order valence-corrected chi connectivity index (χ0v) is 14.8. The van der Waals surface area contributed by atoms with Gasteiger partial charge in [-0.1, -0.05) is 6.92 Å². The number of Topliss-reactive ketones (excluding diaryl/α,β-unsaturated/α-hetero) is 1. The van der Waals surface area contributed by atoms with E-state index in [9.17, 15) is 9.18 Å². The SMILES string of the molecule is CCC(=O)COCCCOCCOc1cc(NC(C)C)ccc1F. The van der Waals surface area contributed by atoms with Crippen molar-refractivity contribution in [3.05, 3.63) is 24.0 Å². The van der Waals surface area contributed by atoms with Crippen molar-refractivity contribution in [2.75, 3.05) is 38.4 Å². The first-order valence-electron chi connectivity index (χ1n) is 8.39. The number of ether oxygens (including phenoxy) is 3. The van der Waals surface area contributed by atoms with Gasteiger partial charge in [0.2, 0.25) is 0 Å². The van der Waals surface area contributed by atoms with Gasteiger partial charge in [-0.05, 0) is 32.4 Å². The molecule has 1 N–H and O–H groups in total. The minimum atomic E-state index is -0.390. The highest BCUT2D eigenvalue weighted by Gasteiger charge is 2.06. The van der Waals surface area contributed by atoms with E-state index in [1.807, 2.05) is 20.8 Å². The first kappa shape index (κ1) is 20.4. The zero-order chi connectivity index (χ0) is 17.8. The van der Waals surface area contributed by atoms with E-state index in [2.05, 4.69) is 5.32 Å². The van der Waals surface area contributed by atoms with E-state index >= 15 is 0 Å². The van der Waals surface area contributed by atoms with E-state index < -0.39 is 5.82 Å². The lowest BCUT2D eigenvalue weighted by atomic mass is 10.2. The summed E-state index contributed by atoms with van der Waals surface area (Å²) in [6.07, 6.45) is 1.21. The number of carbonyl (C=O) groups excluding carboxylic acids is 1. The Morgan fingerprint density at radius 2 is 1.92 bits per heavy atom. The van der Waals surface area contributed by atoms with Gasteiger partial charge in [0.05, 0.1) is 6.61 Å². The molecule has 1 aromatic rings. The average molecular weight is 341 g/mol. The van der Waals surface area contributed by atoms with Crippen molar-refractivity contribution in [1.82, 2.24) is 0 Å². The normalized spacial score (nSPS) is 10.9. The molecule has 0 amide bonds. The van der Waals surface area contributed by atoms with Crippen molar-refractivity contribution >= 4 is 11.5 Å². The van der Waals surface area contributed by atoms with Crippen LogP contribution in [-0.4, -0.2) is 44.9 Å². The fourth-order valence-electron chi connectivity index (χ4n) is 1.90. The fourth-order valence-corrected chi connectivity index (χ4v) is 1.90. The maximum absolute atomic E-state index is 13.7. The summed E-state index contributed by atoms with van der Waals surface area (Å²) >= 11 is 0. The summed E-state index contributed by atoms with van der Waals surface area (Å²) in [6, 6.07) is 4.98. The molecular weight excluding hydrogens is 313 g/mol. The molecule has 0 unspecified atom stereocenters. The molecular formula is C18H28FNO4. The van der Waals surface area contributed by atoms with Crippen molar-refractivity contribution in [2.45, 2.75) is 39.7 Å². The standard InChI is InChI=1S/C18H28FNO4/c1-4-16(21)13-23-9-5-8-22-10-11-24-18-12-15(20-14(2)3)6-7-17(18)19/h6-7,12,14,20H,4-5,8-11,13H2,1-3H3. The van der Waals surface area contributed by atoms with E-state index in [0.717, 1.165) is 5.69 Å². The van der Waals surface area contributed by atoms with Crippen molar-refractivity contribution < 1.29 is 23.4 Å². The van der Waals surface area contributed by atoms with Crippen molar-refractivity contribution in [3.63, 3.8) is 0 Å². The lowest BCUT2D eigenvalue weighted by Crippen LogP contribution is -2.12. The molecule has 1 aromatic carbocycles. The Labute approximate surface area is 143 Å².